The Morgan fingerprint density at radius 3 is 2.41 bits per heavy atom. The van der Waals surface area contributed by atoms with E-state index < -0.39 is 11.9 Å². The highest BCUT2D eigenvalue weighted by atomic mass is 16.5. The van der Waals surface area contributed by atoms with Gasteiger partial charge in [0.05, 0.1) is 19.9 Å². The average molecular weight is 306 g/mol. The number of ether oxygens (including phenoxy) is 2. The van der Waals surface area contributed by atoms with Crippen LogP contribution < -0.4 is 4.74 Å². The van der Waals surface area contributed by atoms with Crippen LogP contribution in [0.2, 0.25) is 0 Å². The molecule has 0 radical (unpaired) electrons. The molecular formula is C14H14N2O6. The molecular weight excluding hydrogens is 292 g/mol. The van der Waals surface area contributed by atoms with Gasteiger partial charge >= 0.3 is 11.9 Å². The first-order valence-corrected chi connectivity index (χ1v) is 6.16. The fourth-order valence-electron chi connectivity index (χ4n) is 2.04. The summed E-state index contributed by atoms with van der Waals surface area (Å²) in [7, 11) is 4.15. The molecule has 0 amide bonds. The van der Waals surface area contributed by atoms with Crippen LogP contribution in [0, 0.1) is 0 Å². The molecule has 0 saturated heterocycles. The third-order valence-corrected chi connectivity index (χ3v) is 3.10. The third-order valence-electron chi connectivity index (χ3n) is 3.10. The number of hydrogen-bond donors (Lipinski definition) is 2. The highest BCUT2D eigenvalue weighted by Gasteiger charge is 2.21. The zero-order chi connectivity index (χ0) is 16.4. The molecule has 2 aromatic rings. The molecule has 1 heterocycles. The van der Waals surface area contributed by atoms with Gasteiger partial charge in [0.25, 0.3) is 0 Å². The second-order valence-corrected chi connectivity index (χ2v) is 4.40. The Balaban J connectivity index is 2.68. The number of aromatic hydroxyl groups is 1. The van der Waals surface area contributed by atoms with Crippen LogP contribution in [0.5, 0.6) is 11.5 Å². The maximum absolute atomic E-state index is 11.7. The van der Waals surface area contributed by atoms with Gasteiger partial charge in [-0.1, -0.05) is 0 Å². The summed E-state index contributed by atoms with van der Waals surface area (Å²) in [5.74, 6) is -1.92. The fraction of sp³-hybridized carbons (Fsp3) is 0.214. The van der Waals surface area contributed by atoms with Gasteiger partial charge in [-0.05, 0) is 12.1 Å². The molecule has 0 aliphatic heterocycles. The Bertz CT molecular complexity index is 750. The van der Waals surface area contributed by atoms with E-state index in [4.69, 9.17) is 9.84 Å². The number of benzene rings is 1. The maximum atomic E-state index is 11.7. The standard InChI is InChI=1S/C14H14N2O6/c1-16-10(5-9(15-16)13(18)19)7-4-8(14(20)22-3)11(17)6-12(7)21-2/h4-6,17H,1-3H3,(H,18,19). The van der Waals surface area contributed by atoms with E-state index in [1.54, 1.807) is 7.05 Å². The van der Waals surface area contributed by atoms with Crippen molar-refractivity contribution in [1.29, 1.82) is 0 Å². The molecule has 0 atom stereocenters. The molecule has 8 heteroatoms. The van der Waals surface area contributed by atoms with Gasteiger partial charge in [-0.3, -0.25) is 4.68 Å². The average Bonchev–Trinajstić information content (AvgIpc) is 2.88. The minimum Gasteiger partial charge on any atom is -0.507 e. The van der Waals surface area contributed by atoms with Crippen LogP contribution in [0.1, 0.15) is 20.8 Å². The monoisotopic (exact) mass is 306 g/mol. The smallest absolute Gasteiger partial charge is 0.356 e. The number of carboxylic acids is 1. The van der Waals surface area contributed by atoms with Crippen molar-refractivity contribution in [3.05, 3.63) is 29.5 Å². The van der Waals surface area contributed by atoms with Crippen LogP contribution >= 0.6 is 0 Å². The molecule has 0 aliphatic rings. The molecule has 1 aromatic carbocycles. The van der Waals surface area contributed by atoms with E-state index in [0.29, 0.717) is 11.3 Å². The Hall–Kier alpha value is -3.03. The number of methoxy groups -OCH3 is 2. The first-order valence-electron chi connectivity index (χ1n) is 6.16. The lowest BCUT2D eigenvalue weighted by molar-refractivity contribution is 0.0596. The summed E-state index contributed by atoms with van der Waals surface area (Å²) in [6, 6.07) is 3.97. The highest BCUT2D eigenvalue weighted by Crippen LogP contribution is 2.36. The summed E-state index contributed by atoms with van der Waals surface area (Å²) in [6.07, 6.45) is 0. The lowest BCUT2D eigenvalue weighted by Crippen LogP contribution is -2.04. The van der Waals surface area contributed by atoms with E-state index >= 15 is 0 Å². The van der Waals surface area contributed by atoms with Crippen molar-refractivity contribution in [2.75, 3.05) is 14.2 Å². The summed E-state index contributed by atoms with van der Waals surface area (Å²) in [5.41, 5.74) is 0.617. The molecule has 1 aromatic heterocycles. The highest BCUT2D eigenvalue weighted by molar-refractivity contribution is 5.95. The first kappa shape index (κ1) is 15.4. The Morgan fingerprint density at radius 2 is 1.91 bits per heavy atom. The van der Waals surface area contributed by atoms with Gasteiger partial charge in [-0.25, -0.2) is 9.59 Å². The van der Waals surface area contributed by atoms with Gasteiger partial charge in [0.15, 0.2) is 5.69 Å². The Labute approximate surface area is 125 Å². The summed E-state index contributed by atoms with van der Waals surface area (Å²) in [5, 5.41) is 22.7. The molecule has 0 fully saturated rings. The van der Waals surface area contributed by atoms with E-state index in [-0.39, 0.29) is 22.8 Å². The number of aromatic carboxylic acids is 1. The van der Waals surface area contributed by atoms with E-state index in [0.717, 1.165) is 0 Å². The molecule has 0 spiro atoms. The number of phenols is 1. The predicted octanol–water partition coefficient (Wildman–Crippen LogP) is 1.29. The molecule has 2 N–H and O–H groups in total. The number of carbonyl (C=O) groups is 2. The normalized spacial score (nSPS) is 10.3. The first-order chi connectivity index (χ1) is 10.4. The second-order valence-electron chi connectivity index (χ2n) is 4.40. The van der Waals surface area contributed by atoms with Crippen LogP contribution in [0.25, 0.3) is 11.3 Å². The topological polar surface area (TPSA) is 111 Å². The van der Waals surface area contributed by atoms with Crippen LogP contribution in [0.15, 0.2) is 18.2 Å². The molecule has 2 rings (SSSR count). The van der Waals surface area contributed by atoms with Crippen molar-refractivity contribution in [1.82, 2.24) is 9.78 Å². The number of phenolic OH excluding ortho intramolecular Hbond substituents is 1. The van der Waals surface area contributed by atoms with Crippen LogP contribution in [-0.4, -0.2) is 46.2 Å². The number of carboxylic acid groups (broad SMARTS) is 1. The number of nitrogens with zero attached hydrogens (tertiary/aromatic N) is 2. The van der Waals surface area contributed by atoms with Crippen molar-refractivity contribution < 1.29 is 29.3 Å². The van der Waals surface area contributed by atoms with Crippen molar-refractivity contribution in [3.63, 3.8) is 0 Å². The minimum absolute atomic E-state index is 0.0589. The van der Waals surface area contributed by atoms with E-state index in [2.05, 4.69) is 9.84 Å². The van der Waals surface area contributed by atoms with Gasteiger partial charge in [0, 0.05) is 18.7 Å². The maximum Gasteiger partial charge on any atom is 0.356 e. The number of esters is 1. The van der Waals surface area contributed by atoms with Crippen molar-refractivity contribution >= 4 is 11.9 Å². The number of hydrogen-bond acceptors (Lipinski definition) is 6. The molecule has 0 unspecified atom stereocenters. The van der Waals surface area contributed by atoms with Gasteiger partial charge in [-0.15, -0.1) is 0 Å². The molecule has 116 valence electrons. The number of carbonyl (C=O) groups excluding carboxylic acids is 1. The summed E-state index contributed by atoms with van der Waals surface area (Å²) >= 11 is 0. The Kier molecular flexibility index (Phi) is 4.02. The lowest BCUT2D eigenvalue weighted by atomic mass is 10.0. The van der Waals surface area contributed by atoms with Crippen LogP contribution in [0.3, 0.4) is 0 Å². The zero-order valence-electron chi connectivity index (χ0n) is 12.2. The predicted molar refractivity (Wildman–Crippen MR) is 75.2 cm³/mol. The quantitative estimate of drug-likeness (QED) is 0.818. The SMILES string of the molecule is COC(=O)c1cc(-c2cc(C(=O)O)nn2C)c(OC)cc1O. The van der Waals surface area contributed by atoms with E-state index in [9.17, 15) is 14.7 Å². The van der Waals surface area contributed by atoms with Gasteiger partial charge < -0.3 is 19.7 Å². The largest absolute Gasteiger partial charge is 0.507 e. The van der Waals surface area contributed by atoms with Crippen LogP contribution in [-0.2, 0) is 11.8 Å². The van der Waals surface area contributed by atoms with Crippen LogP contribution in [0.4, 0.5) is 0 Å². The van der Waals surface area contributed by atoms with Gasteiger partial charge in [0.1, 0.15) is 17.1 Å². The van der Waals surface area contributed by atoms with Crippen molar-refractivity contribution in [2.24, 2.45) is 7.05 Å². The molecule has 0 aliphatic carbocycles. The molecule has 0 saturated carbocycles. The zero-order valence-corrected chi connectivity index (χ0v) is 12.2. The van der Waals surface area contributed by atoms with Gasteiger partial charge in [0.2, 0.25) is 0 Å². The summed E-state index contributed by atoms with van der Waals surface area (Å²) < 4.78 is 11.1. The minimum atomic E-state index is -1.17. The summed E-state index contributed by atoms with van der Waals surface area (Å²) in [6.45, 7) is 0. The second kappa shape index (κ2) is 5.76. The lowest BCUT2D eigenvalue weighted by Gasteiger charge is -2.12. The van der Waals surface area contributed by atoms with Crippen molar-refractivity contribution in [2.45, 2.75) is 0 Å². The summed E-state index contributed by atoms with van der Waals surface area (Å²) in [4.78, 5) is 22.7. The van der Waals surface area contributed by atoms with Crippen molar-refractivity contribution in [3.8, 4) is 22.8 Å². The number of aromatic nitrogens is 2. The molecule has 22 heavy (non-hydrogen) atoms. The number of rotatable bonds is 4. The third kappa shape index (κ3) is 2.58. The van der Waals surface area contributed by atoms with E-state index in [1.807, 2.05) is 0 Å². The molecule has 8 nitrogen and oxygen atoms in total. The fourth-order valence-corrected chi connectivity index (χ4v) is 2.04. The Morgan fingerprint density at radius 1 is 1.23 bits per heavy atom. The van der Waals surface area contributed by atoms with Gasteiger partial charge in [-0.2, -0.15) is 5.10 Å². The van der Waals surface area contributed by atoms with E-state index in [1.165, 1.54) is 37.1 Å². The number of aryl methyl sites for hydroxylation is 1. The molecule has 0 bridgehead atoms.